The Morgan fingerprint density at radius 2 is 2.26 bits per heavy atom. The zero-order valence-corrected chi connectivity index (χ0v) is 13.4. The van der Waals surface area contributed by atoms with Gasteiger partial charge in [0.25, 0.3) is 5.91 Å². The molecule has 2 N–H and O–H groups in total. The molecule has 0 saturated heterocycles. The van der Waals surface area contributed by atoms with Crippen LogP contribution in [-0.4, -0.2) is 22.2 Å². The van der Waals surface area contributed by atoms with E-state index in [4.69, 9.17) is 4.74 Å². The zero-order valence-electron chi connectivity index (χ0n) is 13.4. The quantitative estimate of drug-likeness (QED) is 0.915. The Balaban J connectivity index is 1.77. The number of nitrogens with one attached hydrogen (secondary N) is 2. The van der Waals surface area contributed by atoms with Gasteiger partial charge in [0.2, 0.25) is 0 Å². The first-order valence-corrected chi connectivity index (χ1v) is 7.72. The molecule has 5 nitrogen and oxygen atoms in total. The summed E-state index contributed by atoms with van der Waals surface area (Å²) in [5.41, 5.74) is 3.41. The van der Waals surface area contributed by atoms with Crippen molar-refractivity contribution >= 4 is 5.91 Å². The number of H-pyrrole nitrogens is 1. The van der Waals surface area contributed by atoms with Crippen LogP contribution in [0.4, 0.5) is 4.39 Å². The predicted octanol–water partition coefficient (Wildman–Crippen LogP) is 2.81. The van der Waals surface area contributed by atoms with Crippen LogP contribution in [0.15, 0.2) is 18.2 Å². The molecule has 1 amide bonds. The number of halogens is 1. The van der Waals surface area contributed by atoms with Gasteiger partial charge >= 0.3 is 0 Å². The maximum Gasteiger partial charge on any atom is 0.272 e. The lowest BCUT2D eigenvalue weighted by atomic mass is 9.99. The van der Waals surface area contributed by atoms with Crippen molar-refractivity contribution in [3.8, 4) is 0 Å². The van der Waals surface area contributed by atoms with E-state index in [1.807, 2.05) is 26.8 Å². The normalized spacial score (nSPS) is 20.2. The van der Waals surface area contributed by atoms with Crippen LogP contribution in [0.3, 0.4) is 0 Å². The average Bonchev–Trinajstić information content (AvgIpc) is 2.90. The van der Waals surface area contributed by atoms with Crippen molar-refractivity contribution in [3.05, 3.63) is 52.1 Å². The SMILES string of the molecule is Cc1cccc(F)c1CNC(=O)c1n[nH]c2c1C[C@@H](C)O[C@H]2C. The van der Waals surface area contributed by atoms with Crippen LogP contribution in [0, 0.1) is 12.7 Å². The standard InChI is InChI=1S/C17H20FN3O2/c1-9-5-4-6-14(18)13(9)8-19-17(22)16-12-7-10(2)23-11(3)15(12)20-21-16/h4-6,10-11H,7-8H2,1-3H3,(H,19,22)(H,20,21)/t10-,11+/m1/s1. The summed E-state index contributed by atoms with van der Waals surface area (Å²) < 4.78 is 19.5. The largest absolute Gasteiger partial charge is 0.369 e. The third kappa shape index (κ3) is 2.99. The first-order valence-electron chi connectivity index (χ1n) is 7.72. The van der Waals surface area contributed by atoms with E-state index in [9.17, 15) is 9.18 Å². The zero-order chi connectivity index (χ0) is 16.6. The molecular weight excluding hydrogens is 297 g/mol. The molecule has 0 bridgehead atoms. The van der Waals surface area contributed by atoms with Gasteiger partial charge in [0, 0.05) is 24.1 Å². The molecule has 1 aromatic carbocycles. The van der Waals surface area contributed by atoms with E-state index < -0.39 is 0 Å². The Labute approximate surface area is 134 Å². The van der Waals surface area contributed by atoms with E-state index in [1.165, 1.54) is 6.07 Å². The van der Waals surface area contributed by atoms with Crippen LogP contribution in [0.5, 0.6) is 0 Å². The summed E-state index contributed by atoms with van der Waals surface area (Å²) in [6.45, 7) is 5.86. The van der Waals surface area contributed by atoms with Gasteiger partial charge in [0.05, 0.1) is 17.9 Å². The molecule has 122 valence electrons. The molecule has 2 aromatic rings. The van der Waals surface area contributed by atoms with Gasteiger partial charge in [-0.3, -0.25) is 9.89 Å². The second-order valence-corrected chi connectivity index (χ2v) is 5.98. The molecule has 2 heterocycles. The number of hydrogen-bond donors (Lipinski definition) is 2. The fraction of sp³-hybridized carbons (Fsp3) is 0.412. The number of aromatic amines is 1. The Kier molecular flexibility index (Phi) is 4.17. The first-order chi connectivity index (χ1) is 11.0. The molecule has 6 heteroatoms. The molecule has 1 aliphatic rings. The summed E-state index contributed by atoms with van der Waals surface area (Å²) in [6, 6.07) is 4.87. The number of ether oxygens (including phenoxy) is 1. The fourth-order valence-electron chi connectivity index (χ4n) is 3.00. The molecule has 1 aromatic heterocycles. The topological polar surface area (TPSA) is 67.0 Å². The molecule has 0 unspecified atom stereocenters. The molecule has 0 fully saturated rings. The highest BCUT2D eigenvalue weighted by molar-refractivity contribution is 5.94. The van der Waals surface area contributed by atoms with Gasteiger partial charge in [-0.15, -0.1) is 0 Å². The van der Waals surface area contributed by atoms with Gasteiger partial charge in [0.1, 0.15) is 5.82 Å². The lowest BCUT2D eigenvalue weighted by molar-refractivity contribution is -0.00697. The molecule has 1 aliphatic heterocycles. The highest BCUT2D eigenvalue weighted by Gasteiger charge is 2.29. The lowest BCUT2D eigenvalue weighted by Gasteiger charge is -2.25. The Bertz CT molecular complexity index is 721. The maximum absolute atomic E-state index is 13.8. The molecule has 0 aliphatic carbocycles. The average molecular weight is 317 g/mol. The molecule has 0 spiro atoms. The highest BCUT2D eigenvalue weighted by atomic mass is 19.1. The first kappa shape index (κ1) is 15.7. The number of carbonyl (C=O) groups is 1. The number of carbonyl (C=O) groups excluding carboxylic acids is 1. The van der Waals surface area contributed by atoms with Crippen molar-refractivity contribution in [2.45, 2.75) is 45.9 Å². The summed E-state index contributed by atoms with van der Waals surface area (Å²) >= 11 is 0. The third-order valence-electron chi connectivity index (χ3n) is 4.23. The van der Waals surface area contributed by atoms with Gasteiger partial charge in [-0.25, -0.2) is 4.39 Å². The number of benzene rings is 1. The second kappa shape index (κ2) is 6.12. The Morgan fingerprint density at radius 1 is 1.48 bits per heavy atom. The van der Waals surface area contributed by atoms with E-state index in [1.54, 1.807) is 6.07 Å². The fourth-order valence-corrected chi connectivity index (χ4v) is 3.00. The molecule has 0 radical (unpaired) electrons. The van der Waals surface area contributed by atoms with Crippen LogP contribution < -0.4 is 5.32 Å². The lowest BCUT2D eigenvalue weighted by Crippen LogP contribution is -2.28. The van der Waals surface area contributed by atoms with Crippen molar-refractivity contribution in [3.63, 3.8) is 0 Å². The minimum absolute atomic E-state index is 0.0375. The molecule has 3 rings (SSSR count). The highest BCUT2D eigenvalue weighted by Crippen LogP contribution is 2.30. The monoisotopic (exact) mass is 317 g/mol. The van der Waals surface area contributed by atoms with E-state index in [-0.39, 0.29) is 30.5 Å². The second-order valence-electron chi connectivity index (χ2n) is 5.98. The van der Waals surface area contributed by atoms with E-state index in [0.717, 1.165) is 16.8 Å². The van der Waals surface area contributed by atoms with Gasteiger partial charge in [-0.05, 0) is 32.4 Å². The van der Waals surface area contributed by atoms with Crippen molar-refractivity contribution in [1.29, 1.82) is 0 Å². The minimum atomic E-state index is -0.315. The summed E-state index contributed by atoms with van der Waals surface area (Å²) in [7, 11) is 0. The molecule has 2 atom stereocenters. The van der Waals surface area contributed by atoms with Crippen molar-refractivity contribution in [1.82, 2.24) is 15.5 Å². The summed E-state index contributed by atoms with van der Waals surface area (Å²) in [6.07, 6.45) is 0.560. The van der Waals surface area contributed by atoms with Crippen LogP contribution in [0.25, 0.3) is 0 Å². The van der Waals surface area contributed by atoms with Gasteiger partial charge in [-0.2, -0.15) is 5.10 Å². The van der Waals surface area contributed by atoms with Crippen LogP contribution >= 0.6 is 0 Å². The van der Waals surface area contributed by atoms with Gasteiger partial charge in [0.15, 0.2) is 5.69 Å². The van der Waals surface area contributed by atoms with Gasteiger partial charge in [-0.1, -0.05) is 12.1 Å². The molecule has 23 heavy (non-hydrogen) atoms. The summed E-state index contributed by atoms with van der Waals surface area (Å²) in [5, 5.41) is 9.78. The van der Waals surface area contributed by atoms with E-state index in [0.29, 0.717) is 17.7 Å². The molecular formula is C17H20FN3O2. The van der Waals surface area contributed by atoms with Crippen molar-refractivity contribution in [2.24, 2.45) is 0 Å². The van der Waals surface area contributed by atoms with E-state index in [2.05, 4.69) is 15.5 Å². The smallest absolute Gasteiger partial charge is 0.272 e. The van der Waals surface area contributed by atoms with Crippen LogP contribution in [-0.2, 0) is 17.7 Å². The molecule has 0 saturated carbocycles. The van der Waals surface area contributed by atoms with Crippen molar-refractivity contribution in [2.75, 3.05) is 0 Å². The third-order valence-corrected chi connectivity index (χ3v) is 4.23. The van der Waals surface area contributed by atoms with Gasteiger partial charge < -0.3 is 10.1 Å². The number of nitrogens with zero attached hydrogens (tertiary/aromatic N) is 1. The summed E-state index contributed by atoms with van der Waals surface area (Å²) in [4.78, 5) is 12.4. The number of amides is 1. The number of aryl methyl sites for hydroxylation is 1. The predicted molar refractivity (Wildman–Crippen MR) is 83.6 cm³/mol. The Hall–Kier alpha value is -2.21. The number of aromatic nitrogens is 2. The Morgan fingerprint density at radius 3 is 3.00 bits per heavy atom. The van der Waals surface area contributed by atoms with E-state index >= 15 is 0 Å². The van der Waals surface area contributed by atoms with Crippen LogP contribution in [0.1, 0.15) is 52.8 Å². The summed E-state index contributed by atoms with van der Waals surface area (Å²) in [5.74, 6) is -0.614. The number of hydrogen-bond acceptors (Lipinski definition) is 3. The van der Waals surface area contributed by atoms with Crippen LogP contribution in [0.2, 0.25) is 0 Å². The van der Waals surface area contributed by atoms with Crippen molar-refractivity contribution < 1.29 is 13.9 Å². The minimum Gasteiger partial charge on any atom is -0.369 e. The maximum atomic E-state index is 13.8. The number of fused-ring (bicyclic) bond motifs is 1. The number of rotatable bonds is 3.